The van der Waals surface area contributed by atoms with Crippen molar-refractivity contribution >= 4 is 34.5 Å². The number of unbranched alkanes of at least 4 members (excludes halogenated alkanes) is 16. The maximum absolute atomic E-state index is 10.4. The van der Waals surface area contributed by atoms with E-state index in [4.69, 9.17) is 38.6 Å². The summed E-state index contributed by atoms with van der Waals surface area (Å²) in [4.78, 5) is 0. The van der Waals surface area contributed by atoms with Crippen molar-refractivity contribution in [2.24, 2.45) is 0 Å². The second-order valence-corrected chi connectivity index (χ2v) is 11.6. The Hall–Kier alpha value is -0.340. The maximum Gasteiger partial charge on any atom is 0.160 e. The Balaban J connectivity index is 2.25. The van der Waals surface area contributed by atoms with Crippen LogP contribution in [0, 0.1) is 0 Å². The monoisotopic (exact) mass is 560 g/mol. The summed E-state index contributed by atoms with van der Waals surface area (Å²) in [6.45, 7) is 4.38. The van der Waals surface area contributed by atoms with Crippen LogP contribution in [-0.4, -0.2) is 57.9 Å². The van der Waals surface area contributed by atoms with Crippen molar-refractivity contribution < 1.29 is 24.4 Å². The minimum Gasteiger partial charge on any atom is -0.479 e. The van der Waals surface area contributed by atoms with Gasteiger partial charge in [0.1, 0.15) is 12.2 Å². The highest BCUT2D eigenvalue weighted by atomic mass is 32.1. The van der Waals surface area contributed by atoms with Crippen molar-refractivity contribution in [1.82, 2.24) is 0 Å². The summed E-state index contributed by atoms with van der Waals surface area (Å²) in [7, 11) is 0. The van der Waals surface area contributed by atoms with E-state index in [9.17, 15) is 10.2 Å². The number of hydrogen-bond donors (Lipinski definition) is 2. The topological polar surface area (TPSA) is 68.2 Å². The first kappa shape index (κ1) is 34.7. The predicted octanol–water partition coefficient (Wildman–Crippen LogP) is 8.01. The molecular weight excluding hydrogens is 504 g/mol. The van der Waals surface area contributed by atoms with Crippen LogP contribution in [0.15, 0.2) is 0 Å². The molecule has 4 atom stereocenters. The van der Waals surface area contributed by atoms with E-state index in [0.717, 1.165) is 25.7 Å². The van der Waals surface area contributed by atoms with E-state index in [-0.39, 0.29) is 13.2 Å². The van der Waals surface area contributed by atoms with Crippen LogP contribution in [-0.2, 0) is 14.2 Å². The SMILES string of the molecule is CCCCCCCCCCCC(=S)O[C@@H]1[C@H]([C@H](CO)OC(=S)CCCCCCCCCCC)OC[C@H]1O. The smallest absolute Gasteiger partial charge is 0.160 e. The molecule has 0 aromatic rings. The van der Waals surface area contributed by atoms with Gasteiger partial charge in [0.05, 0.1) is 13.2 Å². The molecule has 0 unspecified atom stereocenters. The summed E-state index contributed by atoms with van der Waals surface area (Å²) in [5.74, 6) is 0. The molecule has 2 N–H and O–H groups in total. The third-order valence-corrected chi connectivity index (χ3v) is 7.83. The lowest BCUT2D eigenvalue weighted by atomic mass is 10.1. The van der Waals surface area contributed by atoms with Gasteiger partial charge in [-0.2, -0.15) is 0 Å². The van der Waals surface area contributed by atoms with Crippen LogP contribution < -0.4 is 0 Å². The number of thiocarbonyl (C=S) groups is 2. The Kier molecular flexibility index (Phi) is 22.1. The standard InChI is InChI=1S/C30H56O5S2/c1-3-5-7-9-11-13-15-17-19-21-27(36)34-26(23-31)30-29(25(32)24-33-30)35-28(37)22-20-18-16-14-12-10-8-6-4-2/h25-26,29-32H,3-24H2,1-2H3/t25-,26+,29+,30+/m1/s1. The van der Waals surface area contributed by atoms with E-state index < -0.39 is 24.4 Å². The van der Waals surface area contributed by atoms with Gasteiger partial charge >= 0.3 is 0 Å². The molecule has 0 amide bonds. The molecule has 0 aliphatic carbocycles. The second kappa shape index (κ2) is 23.5. The highest BCUT2D eigenvalue weighted by Crippen LogP contribution is 2.25. The second-order valence-electron chi connectivity index (χ2n) is 10.7. The molecule has 5 nitrogen and oxygen atoms in total. The van der Waals surface area contributed by atoms with Crippen LogP contribution in [0.5, 0.6) is 0 Å². The molecule has 0 aromatic heterocycles. The molecule has 0 radical (unpaired) electrons. The summed E-state index contributed by atoms with van der Waals surface area (Å²) >= 11 is 10.9. The fraction of sp³-hybridized carbons (Fsp3) is 0.933. The van der Waals surface area contributed by atoms with E-state index in [1.165, 1.54) is 89.9 Å². The highest BCUT2D eigenvalue weighted by Gasteiger charge is 2.44. The number of hydrogen-bond acceptors (Lipinski definition) is 7. The first-order chi connectivity index (χ1) is 18.0. The van der Waals surface area contributed by atoms with Gasteiger partial charge in [-0.15, -0.1) is 0 Å². The van der Waals surface area contributed by atoms with Crippen molar-refractivity contribution in [1.29, 1.82) is 0 Å². The Labute approximate surface area is 238 Å². The van der Waals surface area contributed by atoms with Gasteiger partial charge in [0.15, 0.2) is 22.3 Å². The van der Waals surface area contributed by atoms with Gasteiger partial charge in [-0.05, 0) is 37.3 Å². The normalized spacial score (nSPS) is 20.2. The van der Waals surface area contributed by atoms with Crippen LogP contribution >= 0.6 is 24.4 Å². The van der Waals surface area contributed by atoms with Crippen LogP contribution in [0.3, 0.4) is 0 Å². The fourth-order valence-corrected chi connectivity index (χ4v) is 5.41. The molecule has 218 valence electrons. The van der Waals surface area contributed by atoms with Gasteiger partial charge < -0.3 is 24.4 Å². The zero-order valence-corrected chi connectivity index (χ0v) is 25.4. The van der Waals surface area contributed by atoms with Crippen molar-refractivity contribution in [2.45, 2.75) is 167 Å². The Morgan fingerprint density at radius 3 is 1.62 bits per heavy atom. The van der Waals surface area contributed by atoms with E-state index in [2.05, 4.69) is 13.8 Å². The van der Waals surface area contributed by atoms with Crippen LogP contribution in [0.1, 0.15) is 142 Å². The number of aliphatic hydroxyl groups excluding tert-OH is 2. The lowest BCUT2D eigenvalue weighted by Gasteiger charge is -2.28. The van der Waals surface area contributed by atoms with E-state index in [0.29, 0.717) is 22.9 Å². The average molecular weight is 561 g/mol. The molecule has 37 heavy (non-hydrogen) atoms. The summed E-state index contributed by atoms with van der Waals surface area (Å²) in [5.41, 5.74) is 0. The zero-order chi connectivity index (χ0) is 27.1. The quantitative estimate of drug-likeness (QED) is 0.0915. The summed E-state index contributed by atoms with van der Waals surface area (Å²) in [5, 5.41) is 21.4. The van der Waals surface area contributed by atoms with Gasteiger partial charge in [-0.1, -0.05) is 117 Å². The number of rotatable bonds is 24. The summed E-state index contributed by atoms with van der Waals surface area (Å²) in [6.07, 6.45) is 21.2. The highest BCUT2D eigenvalue weighted by molar-refractivity contribution is 7.80. The largest absolute Gasteiger partial charge is 0.479 e. The van der Waals surface area contributed by atoms with E-state index in [1.54, 1.807) is 0 Å². The molecule has 1 heterocycles. The molecule has 1 fully saturated rings. The van der Waals surface area contributed by atoms with Gasteiger partial charge in [-0.3, -0.25) is 0 Å². The van der Waals surface area contributed by atoms with Crippen molar-refractivity contribution in [3.8, 4) is 0 Å². The Morgan fingerprint density at radius 2 is 1.16 bits per heavy atom. The van der Waals surface area contributed by atoms with Crippen molar-refractivity contribution in [2.75, 3.05) is 13.2 Å². The molecule has 0 bridgehead atoms. The summed E-state index contributed by atoms with van der Waals surface area (Å²) < 4.78 is 17.6. The third-order valence-electron chi connectivity index (χ3n) is 7.23. The minimum atomic E-state index is -0.797. The maximum atomic E-state index is 10.4. The van der Waals surface area contributed by atoms with Crippen LogP contribution in [0.4, 0.5) is 0 Å². The number of aliphatic hydroxyl groups is 2. The fourth-order valence-electron chi connectivity index (χ4n) is 4.89. The molecule has 0 saturated carbocycles. The molecular formula is C30H56O5S2. The zero-order valence-electron chi connectivity index (χ0n) is 23.8. The van der Waals surface area contributed by atoms with Gasteiger partial charge in [0, 0.05) is 12.8 Å². The molecule has 7 heteroatoms. The molecule has 1 rings (SSSR count). The van der Waals surface area contributed by atoms with Gasteiger partial charge in [0.25, 0.3) is 0 Å². The molecule has 0 aromatic carbocycles. The van der Waals surface area contributed by atoms with Crippen LogP contribution in [0.2, 0.25) is 0 Å². The average Bonchev–Trinajstić information content (AvgIpc) is 3.24. The first-order valence-electron chi connectivity index (χ1n) is 15.3. The lowest BCUT2D eigenvalue weighted by Crippen LogP contribution is -2.45. The number of ether oxygens (including phenoxy) is 3. The van der Waals surface area contributed by atoms with E-state index in [1.807, 2.05) is 0 Å². The lowest BCUT2D eigenvalue weighted by molar-refractivity contribution is -0.0577. The molecule has 1 aliphatic rings. The molecule has 0 spiro atoms. The van der Waals surface area contributed by atoms with E-state index >= 15 is 0 Å². The third kappa shape index (κ3) is 17.1. The van der Waals surface area contributed by atoms with Crippen molar-refractivity contribution in [3.05, 3.63) is 0 Å². The molecule has 1 saturated heterocycles. The van der Waals surface area contributed by atoms with Crippen molar-refractivity contribution in [3.63, 3.8) is 0 Å². The van der Waals surface area contributed by atoms with Crippen LogP contribution in [0.25, 0.3) is 0 Å². The molecule has 1 aliphatic heterocycles. The Bertz CT molecular complexity index is 574. The minimum absolute atomic E-state index is 0.140. The first-order valence-corrected chi connectivity index (χ1v) is 16.1. The Morgan fingerprint density at radius 1 is 0.730 bits per heavy atom. The van der Waals surface area contributed by atoms with Gasteiger partial charge in [0.2, 0.25) is 0 Å². The predicted molar refractivity (Wildman–Crippen MR) is 161 cm³/mol. The van der Waals surface area contributed by atoms with Gasteiger partial charge in [-0.25, -0.2) is 0 Å². The summed E-state index contributed by atoms with van der Waals surface area (Å²) in [6, 6.07) is 0.